The summed E-state index contributed by atoms with van der Waals surface area (Å²) in [6.07, 6.45) is 15.9. The molecule has 4 rings (SSSR count). The molecule has 6 heteroatoms. The molecule has 1 aromatic carbocycles. The number of hydrogen-bond donors (Lipinski definition) is 1. The van der Waals surface area contributed by atoms with E-state index in [0.29, 0.717) is 18.3 Å². The van der Waals surface area contributed by atoms with Gasteiger partial charge in [-0.05, 0) is 112 Å². The number of fused-ring (bicyclic) bond motifs is 1. The number of rotatable bonds is 13. The number of aliphatic carboxylic acids is 1. The van der Waals surface area contributed by atoms with Crippen LogP contribution >= 0.6 is 11.8 Å². The van der Waals surface area contributed by atoms with Gasteiger partial charge in [-0.15, -0.1) is 0 Å². The van der Waals surface area contributed by atoms with Crippen molar-refractivity contribution in [3.05, 3.63) is 36.0 Å². The lowest BCUT2D eigenvalue weighted by Crippen LogP contribution is -2.41. The third-order valence-corrected chi connectivity index (χ3v) is 9.76. The maximum absolute atomic E-state index is 11.3. The van der Waals surface area contributed by atoms with E-state index < -0.39 is 5.97 Å². The van der Waals surface area contributed by atoms with E-state index in [0.717, 1.165) is 48.9 Å². The second-order valence-electron chi connectivity index (χ2n) is 10.8. The maximum atomic E-state index is 11.3. The van der Waals surface area contributed by atoms with Crippen LogP contribution in [0.5, 0.6) is 5.75 Å². The molecule has 0 amide bonds. The first kappa shape index (κ1) is 27.3. The van der Waals surface area contributed by atoms with Gasteiger partial charge in [0.15, 0.2) is 0 Å². The fourth-order valence-electron chi connectivity index (χ4n) is 6.23. The zero-order valence-corrected chi connectivity index (χ0v) is 22.8. The fraction of sp³-hybridized carbons (Fsp3) is 0.667. The molecule has 1 aliphatic heterocycles. The quantitative estimate of drug-likeness (QED) is 0.297. The molecule has 36 heavy (non-hydrogen) atoms. The number of carboxylic acid groups (broad SMARTS) is 1. The minimum absolute atomic E-state index is 0.293. The number of pyridine rings is 1. The molecule has 0 bridgehead atoms. The molecule has 1 N–H and O–H groups in total. The molecule has 1 saturated carbocycles. The second kappa shape index (κ2) is 14.2. The van der Waals surface area contributed by atoms with Gasteiger partial charge in [0.25, 0.3) is 0 Å². The van der Waals surface area contributed by atoms with E-state index in [-0.39, 0.29) is 0 Å². The van der Waals surface area contributed by atoms with Crippen LogP contribution in [-0.2, 0) is 11.2 Å². The minimum atomic E-state index is -0.660. The zero-order valence-electron chi connectivity index (χ0n) is 22.0. The van der Waals surface area contributed by atoms with Crippen molar-refractivity contribution in [2.45, 2.75) is 82.3 Å². The summed E-state index contributed by atoms with van der Waals surface area (Å²) in [6.45, 7) is 3.40. The van der Waals surface area contributed by atoms with Crippen molar-refractivity contribution in [3.63, 3.8) is 0 Å². The Hall–Kier alpha value is -1.79. The minimum Gasteiger partial charge on any atom is -0.497 e. The number of thioether (sulfide) groups is 1. The summed E-state index contributed by atoms with van der Waals surface area (Å²) in [7, 11) is 1.70. The molecule has 2 heterocycles. The molecule has 2 aromatic rings. The van der Waals surface area contributed by atoms with Crippen LogP contribution < -0.4 is 4.74 Å². The SMILES string of the molecule is COc1ccc2nccc(CCC[C@@H]3CCN(CCCSC4CCCCC4)C[C@@H]3CCC(=O)O)c2c1. The predicted molar refractivity (Wildman–Crippen MR) is 150 cm³/mol. The largest absolute Gasteiger partial charge is 0.497 e. The summed E-state index contributed by atoms with van der Waals surface area (Å²) in [5.74, 6) is 2.60. The summed E-state index contributed by atoms with van der Waals surface area (Å²) in [5, 5.41) is 11.4. The van der Waals surface area contributed by atoms with Gasteiger partial charge in [-0.1, -0.05) is 19.3 Å². The second-order valence-corrected chi connectivity index (χ2v) is 12.2. The Kier molecular flexibility index (Phi) is 10.8. The molecule has 2 atom stereocenters. The van der Waals surface area contributed by atoms with Gasteiger partial charge in [0.05, 0.1) is 12.6 Å². The number of aromatic nitrogens is 1. The number of likely N-dealkylation sites (tertiary alicyclic amines) is 1. The van der Waals surface area contributed by atoms with Crippen LogP contribution in [0.2, 0.25) is 0 Å². The lowest BCUT2D eigenvalue weighted by atomic mass is 9.79. The molecule has 0 spiro atoms. The molecule has 1 aromatic heterocycles. The Bertz CT molecular complexity index is 962. The predicted octanol–water partition coefficient (Wildman–Crippen LogP) is 6.83. The number of benzene rings is 1. The highest BCUT2D eigenvalue weighted by Crippen LogP contribution is 2.33. The molecule has 198 valence electrons. The molecule has 1 aliphatic carbocycles. The first-order chi connectivity index (χ1) is 17.6. The van der Waals surface area contributed by atoms with Gasteiger partial charge in [-0.25, -0.2) is 0 Å². The van der Waals surface area contributed by atoms with E-state index in [1.54, 1.807) is 7.11 Å². The van der Waals surface area contributed by atoms with Crippen LogP contribution in [0.1, 0.15) is 76.2 Å². The Morgan fingerprint density at radius 2 is 1.97 bits per heavy atom. The average Bonchev–Trinajstić information content (AvgIpc) is 2.91. The lowest BCUT2D eigenvalue weighted by molar-refractivity contribution is -0.137. The van der Waals surface area contributed by atoms with Crippen LogP contribution in [-0.4, -0.2) is 58.7 Å². The summed E-state index contributed by atoms with van der Waals surface area (Å²) in [6, 6.07) is 8.23. The van der Waals surface area contributed by atoms with Gasteiger partial charge in [0, 0.05) is 29.8 Å². The number of hydrogen-bond acceptors (Lipinski definition) is 5. The topological polar surface area (TPSA) is 62.7 Å². The molecule has 5 nitrogen and oxygen atoms in total. The molecule has 0 radical (unpaired) electrons. The first-order valence-electron chi connectivity index (χ1n) is 14.1. The number of piperidine rings is 1. The van der Waals surface area contributed by atoms with Crippen molar-refractivity contribution in [1.29, 1.82) is 0 Å². The van der Waals surface area contributed by atoms with Gasteiger partial charge in [0.2, 0.25) is 0 Å². The number of ether oxygens (including phenoxy) is 1. The van der Waals surface area contributed by atoms with Crippen molar-refractivity contribution in [2.24, 2.45) is 11.8 Å². The average molecular weight is 513 g/mol. The van der Waals surface area contributed by atoms with Crippen molar-refractivity contribution in [3.8, 4) is 5.75 Å². The van der Waals surface area contributed by atoms with E-state index in [9.17, 15) is 9.90 Å². The van der Waals surface area contributed by atoms with Crippen LogP contribution in [0.15, 0.2) is 30.5 Å². The van der Waals surface area contributed by atoms with Crippen molar-refractivity contribution < 1.29 is 14.6 Å². The Balaban J connectivity index is 1.26. The number of carboxylic acids is 1. The van der Waals surface area contributed by atoms with Crippen LogP contribution in [0.25, 0.3) is 10.9 Å². The lowest BCUT2D eigenvalue weighted by Gasteiger charge is -2.39. The number of aryl methyl sites for hydroxylation is 1. The van der Waals surface area contributed by atoms with Crippen LogP contribution in [0.4, 0.5) is 0 Å². The van der Waals surface area contributed by atoms with E-state index in [4.69, 9.17) is 4.74 Å². The highest BCUT2D eigenvalue weighted by molar-refractivity contribution is 7.99. The molecule has 2 fully saturated rings. The van der Waals surface area contributed by atoms with Gasteiger partial charge in [-0.2, -0.15) is 11.8 Å². The molecular weight excluding hydrogens is 468 g/mol. The zero-order chi connectivity index (χ0) is 25.2. The third kappa shape index (κ3) is 8.11. The summed E-state index contributed by atoms with van der Waals surface area (Å²) in [4.78, 5) is 18.5. The monoisotopic (exact) mass is 512 g/mol. The summed E-state index contributed by atoms with van der Waals surface area (Å²) >= 11 is 2.20. The maximum Gasteiger partial charge on any atom is 0.303 e. The standard InChI is InChI=1S/C30H44N2O3S/c1-35-26-12-13-29-28(21-26)24(15-17-31-29)8-5-7-23-16-19-32(22-25(23)11-14-30(33)34)18-6-20-36-27-9-3-2-4-10-27/h12-13,15,17,21,23,25,27H,2-11,14,16,18-20,22H2,1H3,(H,33,34)/t23-,25+/m1/s1. The van der Waals surface area contributed by atoms with Gasteiger partial charge < -0.3 is 14.7 Å². The summed E-state index contributed by atoms with van der Waals surface area (Å²) < 4.78 is 5.43. The highest BCUT2D eigenvalue weighted by Gasteiger charge is 2.29. The number of nitrogens with zero attached hydrogens (tertiary/aromatic N) is 2. The molecular formula is C30H44N2O3S. The Morgan fingerprint density at radius 1 is 1.11 bits per heavy atom. The van der Waals surface area contributed by atoms with E-state index >= 15 is 0 Å². The fourth-order valence-corrected chi connectivity index (χ4v) is 7.52. The number of carbonyl (C=O) groups is 1. The third-order valence-electron chi connectivity index (χ3n) is 8.29. The molecule has 1 saturated heterocycles. The van der Waals surface area contributed by atoms with Gasteiger partial charge >= 0.3 is 5.97 Å². The Morgan fingerprint density at radius 3 is 2.78 bits per heavy atom. The Labute approximate surface area is 221 Å². The van der Waals surface area contributed by atoms with Crippen molar-refractivity contribution in [2.75, 3.05) is 32.5 Å². The highest BCUT2D eigenvalue weighted by atomic mass is 32.2. The van der Waals surface area contributed by atoms with Gasteiger partial charge in [-0.3, -0.25) is 9.78 Å². The normalized spacial score (nSPS) is 21.6. The first-order valence-corrected chi connectivity index (χ1v) is 15.1. The molecule has 0 unspecified atom stereocenters. The number of methoxy groups -OCH3 is 1. The smallest absolute Gasteiger partial charge is 0.303 e. The van der Waals surface area contributed by atoms with Crippen molar-refractivity contribution in [1.82, 2.24) is 9.88 Å². The van der Waals surface area contributed by atoms with E-state index in [1.165, 1.54) is 74.6 Å². The summed E-state index contributed by atoms with van der Waals surface area (Å²) in [5.41, 5.74) is 2.34. The van der Waals surface area contributed by atoms with E-state index in [2.05, 4.69) is 33.8 Å². The van der Waals surface area contributed by atoms with Crippen LogP contribution in [0, 0.1) is 11.8 Å². The van der Waals surface area contributed by atoms with Crippen LogP contribution in [0.3, 0.4) is 0 Å². The molecule has 2 aliphatic rings. The van der Waals surface area contributed by atoms with Crippen molar-refractivity contribution >= 4 is 28.6 Å². The van der Waals surface area contributed by atoms with Gasteiger partial charge in [0.1, 0.15) is 5.75 Å². The van der Waals surface area contributed by atoms with E-state index in [1.807, 2.05) is 18.3 Å².